The zero-order valence-corrected chi connectivity index (χ0v) is 15.2. The number of benzene rings is 1. The summed E-state index contributed by atoms with van der Waals surface area (Å²) in [6.07, 6.45) is 2.05. The Bertz CT molecular complexity index is 924. The molecule has 7 nitrogen and oxygen atoms in total. The molecule has 4 rings (SSSR count). The van der Waals surface area contributed by atoms with Gasteiger partial charge in [-0.1, -0.05) is 23.4 Å². The van der Waals surface area contributed by atoms with Gasteiger partial charge in [-0.15, -0.1) is 0 Å². The van der Waals surface area contributed by atoms with E-state index in [1.54, 1.807) is 13.3 Å². The summed E-state index contributed by atoms with van der Waals surface area (Å²) < 4.78 is 10.6. The van der Waals surface area contributed by atoms with Crippen molar-refractivity contribution in [3.05, 3.63) is 60.1 Å². The molecule has 0 radical (unpaired) electrons. The third-order valence-corrected chi connectivity index (χ3v) is 4.91. The molecule has 3 heterocycles. The quantitative estimate of drug-likeness (QED) is 0.691. The Hall–Kier alpha value is -3.22. The van der Waals surface area contributed by atoms with Crippen LogP contribution < -0.4 is 4.74 Å². The van der Waals surface area contributed by atoms with Crippen molar-refractivity contribution in [1.29, 1.82) is 0 Å². The number of aromatic nitrogens is 3. The van der Waals surface area contributed by atoms with Gasteiger partial charge in [-0.25, -0.2) is 0 Å². The van der Waals surface area contributed by atoms with Crippen LogP contribution in [-0.4, -0.2) is 39.6 Å². The number of ether oxygens (including phenoxy) is 1. The summed E-state index contributed by atoms with van der Waals surface area (Å²) in [7, 11) is 1.64. The predicted molar refractivity (Wildman–Crippen MR) is 98.0 cm³/mol. The van der Waals surface area contributed by atoms with Gasteiger partial charge in [-0.05, 0) is 36.8 Å². The number of carbonyl (C=O) groups is 1. The molecule has 1 aliphatic rings. The van der Waals surface area contributed by atoms with Gasteiger partial charge in [0.25, 0.3) is 0 Å². The van der Waals surface area contributed by atoms with Crippen molar-refractivity contribution in [2.24, 2.45) is 0 Å². The van der Waals surface area contributed by atoms with E-state index in [-0.39, 0.29) is 17.9 Å². The third kappa shape index (κ3) is 3.40. The van der Waals surface area contributed by atoms with Crippen molar-refractivity contribution < 1.29 is 14.1 Å². The maximum absolute atomic E-state index is 12.6. The number of amides is 1. The van der Waals surface area contributed by atoms with Crippen molar-refractivity contribution >= 4 is 5.91 Å². The molecule has 2 unspecified atom stereocenters. The highest BCUT2D eigenvalue weighted by Crippen LogP contribution is 2.34. The van der Waals surface area contributed by atoms with Crippen molar-refractivity contribution in [2.75, 3.05) is 13.7 Å². The third-order valence-electron chi connectivity index (χ3n) is 4.91. The molecule has 1 fully saturated rings. The van der Waals surface area contributed by atoms with Crippen LogP contribution in [0.5, 0.6) is 5.75 Å². The van der Waals surface area contributed by atoms with Crippen LogP contribution in [0, 0.1) is 0 Å². The van der Waals surface area contributed by atoms with Crippen LogP contribution >= 0.6 is 0 Å². The fourth-order valence-electron chi connectivity index (χ4n) is 3.33. The average Bonchev–Trinajstić information content (AvgIpc) is 3.35. The van der Waals surface area contributed by atoms with Gasteiger partial charge in [0.15, 0.2) is 0 Å². The molecule has 0 N–H and O–H groups in total. The van der Waals surface area contributed by atoms with Crippen molar-refractivity contribution in [2.45, 2.75) is 25.3 Å². The summed E-state index contributed by atoms with van der Waals surface area (Å²) in [5.74, 6) is 1.70. The number of nitrogens with zero attached hydrogens (tertiary/aromatic N) is 4. The molecule has 0 saturated carbocycles. The largest absolute Gasteiger partial charge is 0.497 e. The molecule has 7 heteroatoms. The lowest BCUT2D eigenvalue weighted by molar-refractivity contribution is -0.129. The zero-order chi connectivity index (χ0) is 18.8. The van der Waals surface area contributed by atoms with Crippen molar-refractivity contribution in [1.82, 2.24) is 20.0 Å². The van der Waals surface area contributed by atoms with E-state index in [0.717, 1.165) is 11.3 Å². The highest BCUT2D eigenvalue weighted by atomic mass is 16.5. The first-order valence-corrected chi connectivity index (χ1v) is 8.84. The molecular weight excluding hydrogens is 344 g/mol. The van der Waals surface area contributed by atoms with Gasteiger partial charge in [-0.3, -0.25) is 9.78 Å². The summed E-state index contributed by atoms with van der Waals surface area (Å²) in [5, 5.41) is 4.01. The summed E-state index contributed by atoms with van der Waals surface area (Å²) >= 11 is 0. The van der Waals surface area contributed by atoms with Crippen LogP contribution in [-0.2, 0) is 4.79 Å². The van der Waals surface area contributed by atoms with Gasteiger partial charge in [0.2, 0.25) is 17.6 Å². The Balaban J connectivity index is 1.49. The predicted octanol–water partition coefficient (Wildman–Crippen LogP) is 3.22. The number of hydrogen-bond acceptors (Lipinski definition) is 6. The minimum absolute atomic E-state index is 0.0356. The maximum Gasteiger partial charge on any atom is 0.232 e. The van der Waals surface area contributed by atoms with Crippen LogP contribution in [0.4, 0.5) is 0 Å². The summed E-state index contributed by atoms with van der Waals surface area (Å²) in [4.78, 5) is 23.1. The van der Waals surface area contributed by atoms with E-state index in [1.165, 1.54) is 0 Å². The minimum Gasteiger partial charge on any atom is -0.497 e. The molecule has 27 heavy (non-hydrogen) atoms. The van der Waals surface area contributed by atoms with Gasteiger partial charge in [0.1, 0.15) is 11.4 Å². The van der Waals surface area contributed by atoms with Gasteiger partial charge in [-0.2, -0.15) is 4.98 Å². The second-order valence-electron chi connectivity index (χ2n) is 6.57. The average molecular weight is 364 g/mol. The second-order valence-corrected chi connectivity index (χ2v) is 6.57. The van der Waals surface area contributed by atoms with E-state index < -0.39 is 0 Å². The number of methoxy groups -OCH3 is 1. The molecule has 0 aliphatic carbocycles. The molecule has 2 aromatic heterocycles. The molecule has 138 valence electrons. The lowest BCUT2D eigenvalue weighted by Gasteiger charge is -2.25. The maximum atomic E-state index is 12.6. The SMILES string of the molecule is COc1ccc(C(C)N2CC(c3nc(-c4ccccn4)no3)CC2=O)cc1. The van der Waals surface area contributed by atoms with E-state index in [2.05, 4.69) is 15.1 Å². The topological polar surface area (TPSA) is 81.3 Å². The van der Waals surface area contributed by atoms with Gasteiger partial charge in [0, 0.05) is 19.2 Å². The Kier molecular flexibility index (Phi) is 4.58. The van der Waals surface area contributed by atoms with Crippen LogP contribution in [0.15, 0.2) is 53.2 Å². The number of pyridine rings is 1. The van der Waals surface area contributed by atoms with Crippen molar-refractivity contribution in [3.63, 3.8) is 0 Å². The highest BCUT2D eigenvalue weighted by Gasteiger charge is 2.37. The van der Waals surface area contributed by atoms with Gasteiger partial charge >= 0.3 is 0 Å². The lowest BCUT2D eigenvalue weighted by atomic mass is 10.1. The minimum atomic E-state index is -0.108. The first kappa shape index (κ1) is 17.2. The first-order valence-electron chi connectivity index (χ1n) is 8.84. The van der Waals surface area contributed by atoms with Crippen LogP contribution in [0.25, 0.3) is 11.5 Å². The van der Waals surface area contributed by atoms with E-state index >= 15 is 0 Å². The second kappa shape index (κ2) is 7.19. The Morgan fingerprint density at radius 1 is 1.22 bits per heavy atom. The van der Waals surface area contributed by atoms with Crippen LogP contribution in [0.3, 0.4) is 0 Å². The molecule has 1 amide bonds. The lowest BCUT2D eigenvalue weighted by Crippen LogP contribution is -2.28. The van der Waals surface area contributed by atoms with Crippen molar-refractivity contribution in [3.8, 4) is 17.3 Å². The normalized spacial score (nSPS) is 17.9. The molecule has 1 aromatic carbocycles. The summed E-state index contributed by atoms with van der Waals surface area (Å²) in [6.45, 7) is 2.57. The number of carbonyl (C=O) groups excluding carboxylic acids is 1. The standard InChI is InChI=1S/C20H20N4O3/c1-13(14-6-8-16(26-2)9-7-14)24-12-15(11-18(24)25)20-22-19(23-27-20)17-5-3-4-10-21-17/h3-10,13,15H,11-12H2,1-2H3. The number of likely N-dealkylation sites (tertiary alicyclic amines) is 1. The first-order chi connectivity index (χ1) is 13.2. The molecule has 0 bridgehead atoms. The van der Waals surface area contributed by atoms with Gasteiger partial charge < -0.3 is 14.2 Å². The summed E-state index contributed by atoms with van der Waals surface area (Å²) in [6, 6.07) is 13.3. The monoisotopic (exact) mass is 364 g/mol. The zero-order valence-electron chi connectivity index (χ0n) is 15.2. The van der Waals surface area contributed by atoms with E-state index in [0.29, 0.717) is 30.4 Å². The van der Waals surface area contributed by atoms with E-state index in [9.17, 15) is 4.79 Å². The summed E-state index contributed by atoms with van der Waals surface area (Å²) in [5.41, 5.74) is 1.71. The molecule has 2 atom stereocenters. The molecule has 1 saturated heterocycles. The van der Waals surface area contributed by atoms with E-state index in [4.69, 9.17) is 9.26 Å². The molecule has 0 spiro atoms. The van der Waals surface area contributed by atoms with E-state index in [1.807, 2.05) is 54.3 Å². The molecule has 1 aliphatic heterocycles. The Morgan fingerprint density at radius 3 is 2.74 bits per heavy atom. The fraction of sp³-hybridized carbons (Fsp3) is 0.300. The van der Waals surface area contributed by atoms with Crippen LogP contribution in [0.2, 0.25) is 0 Å². The number of rotatable bonds is 5. The Labute approximate surface area is 157 Å². The number of hydrogen-bond donors (Lipinski definition) is 0. The smallest absolute Gasteiger partial charge is 0.232 e. The van der Waals surface area contributed by atoms with Crippen LogP contribution in [0.1, 0.15) is 36.8 Å². The molecule has 3 aromatic rings. The highest BCUT2D eigenvalue weighted by molar-refractivity contribution is 5.80. The van der Waals surface area contributed by atoms with Gasteiger partial charge in [0.05, 0.1) is 19.1 Å². The Morgan fingerprint density at radius 2 is 2.04 bits per heavy atom. The fourth-order valence-corrected chi connectivity index (χ4v) is 3.33. The molecular formula is C20H20N4O3.